The van der Waals surface area contributed by atoms with Gasteiger partial charge in [-0.3, -0.25) is 4.79 Å². The third-order valence-corrected chi connectivity index (χ3v) is 6.43. The van der Waals surface area contributed by atoms with Gasteiger partial charge in [0.2, 0.25) is 12.2 Å². The van der Waals surface area contributed by atoms with Crippen LogP contribution in [0.2, 0.25) is 0 Å². The van der Waals surface area contributed by atoms with E-state index >= 15 is 0 Å². The quantitative estimate of drug-likeness (QED) is 0.556. The van der Waals surface area contributed by atoms with Crippen molar-refractivity contribution >= 4 is 23.6 Å². The molecule has 1 aromatic rings. The highest BCUT2D eigenvalue weighted by atomic mass is 32.2. The van der Waals surface area contributed by atoms with Gasteiger partial charge in [0.15, 0.2) is 1.37 Å². The number of amides is 1. The van der Waals surface area contributed by atoms with Crippen molar-refractivity contribution in [2.45, 2.75) is 44.3 Å². The average molecular weight is 353 g/mol. The summed E-state index contributed by atoms with van der Waals surface area (Å²) in [5, 5.41) is 19.5. The van der Waals surface area contributed by atoms with Gasteiger partial charge in [-0.15, -0.1) is 11.8 Å². The van der Waals surface area contributed by atoms with Gasteiger partial charge in [0, 0.05) is 10.8 Å². The van der Waals surface area contributed by atoms with E-state index in [1.807, 2.05) is 6.92 Å². The molecule has 9 heteroatoms. The van der Waals surface area contributed by atoms with Crippen molar-refractivity contribution in [3.05, 3.63) is 23.2 Å². The molecule has 1 amide bonds. The number of rotatable bonds is 4. The molecule has 0 spiro atoms. The Morgan fingerprint density at radius 1 is 1.62 bits per heavy atom. The molecular formula is C15H19N4O4S+. The molecule has 4 atom stereocenters. The number of hydrogen-bond acceptors (Lipinski definition) is 5. The molecule has 3 aliphatic rings. The molecule has 0 aromatic carbocycles. The first-order valence-corrected chi connectivity index (χ1v) is 8.69. The smallest absolute Gasteiger partial charge is 0.353 e. The van der Waals surface area contributed by atoms with Crippen LogP contribution in [0, 0.1) is 11.8 Å². The lowest BCUT2D eigenvalue weighted by atomic mass is 9.79. The molecule has 1 fully saturated rings. The summed E-state index contributed by atoms with van der Waals surface area (Å²) in [7, 11) is 0. The number of thioether (sulfide) groups is 1. The van der Waals surface area contributed by atoms with E-state index in [4.69, 9.17) is 2.74 Å². The first kappa shape index (κ1) is 13.4. The summed E-state index contributed by atoms with van der Waals surface area (Å²) in [6.45, 7) is 4.35. The Kier molecular flexibility index (Phi) is 2.97. The second kappa shape index (κ2) is 5.32. The highest BCUT2D eigenvalue weighted by molar-refractivity contribution is 8.03. The third kappa shape index (κ3) is 2.04. The summed E-state index contributed by atoms with van der Waals surface area (Å²) in [6.07, 6.45) is -0.799. The van der Waals surface area contributed by atoms with Crippen LogP contribution in [-0.4, -0.2) is 54.1 Å². The molecule has 0 radical (unpaired) electrons. The summed E-state index contributed by atoms with van der Waals surface area (Å²) >= 11 is 1.39. The van der Waals surface area contributed by atoms with Crippen LogP contribution in [0.5, 0.6) is 0 Å². The summed E-state index contributed by atoms with van der Waals surface area (Å²) < 4.78 is 18.8. The fourth-order valence-corrected chi connectivity index (χ4v) is 5.34. The summed E-state index contributed by atoms with van der Waals surface area (Å²) in [5.74, 6) is -2.25. The molecule has 24 heavy (non-hydrogen) atoms. The maximum absolute atomic E-state index is 12.3. The predicted octanol–water partition coefficient (Wildman–Crippen LogP) is -0.560. The Morgan fingerprint density at radius 3 is 3.00 bits per heavy atom. The molecule has 0 bridgehead atoms. The largest absolute Gasteiger partial charge is 0.477 e. The molecule has 2 N–H and O–H groups in total. The molecule has 4 heterocycles. The third-order valence-electron chi connectivity index (χ3n) is 4.98. The van der Waals surface area contributed by atoms with Crippen LogP contribution in [0.15, 0.2) is 23.2 Å². The monoisotopic (exact) mass is 353 g/mol. The second-order valence-electron chi connectivity index (χ2n) is 6.49. The van der Waals surface area contributed by atoms with Crippen LogP contribution in [-0.2, 0) is 22.7 Å². The topological polar surface area (TPSA) is 99.5 Å². The number of carboxylic acids is 1. The lowest BCUT2D eigenvalue weighted by molar-refractivity contribution is -0.758. The average Bonchev–Trinajstić information content (AvgIpc) is 3.14. The molecule has 8 nitrogen and oxygen atoms in total. The van der Waals surface area contributed by atoms with E-state index in [9.17, 15) is 19.8 Å². The Balaban J connectivity index is 1.61. The second-order valence-corrected chi connectivity index (χ2v) is 7.83. The van der Waals surface area contributed by atoms with Gasteiger partial charge in [0.05, 0.1) is 29.9 Å². The summed E-state index contributed by atoms with van der Waals surface area (Å²) in [5.41, 5.74) is 0.00583. The number of aliphatic hydroxyl groups excluding tert-OH is 1. The van der Waals surface area contributed by atoms with Gasteiger partial charge in [-0.25, -0.2) is 4.79 Å². The fraction of sp³-hybridized carbons (Fsp3) is 0.600. The normalized spacial score (nSPS) is 33.8. The molecule has 128 valence electrons. The van der Waals surface area contributed by atoms with E-state index in [0.29, 0.717) is 18.0 Å². The molecule has 0 saturated carbocycles. The number of aliphatic hydroxyl groups is 1. The standard InChI is InChI=1S/C15H18N4O4S/c1-7-11-10(8(2)20)14(21)19(11)12(15(22)23)13(7)24-9-3-17-5-16-6-18(17)4-9/h5-11,20H,3-4H2,1-2H3/p+1/t7-,8-,10-,11-/m1/s1/i5D,6D. The lowest BCUT2D eigenvalue weighted by Crippen LogP contribution is -2.63. The first-order chi connectivity index (χ1) is 12.2. The molecule has 1 saturated heterocycles. The van der Waals surface area contributed by atoms with Gasteiger partial charge in [-0.05, 0) is 11.9 Å². The van der Waals surface area contributed by atoms with E-state index in [0.717, 1.165) is 0 Å². The Morgan fingerprint density at radius 2 is 2.38 bits per heavy atom. The highest BCUT2D eigenvalue weighted by Gasteiger charge is 2.60. The van der Waals surface area contributed by atoms with Gasteiger partial charge in [0.25, 0.3) is 0 Å². The van der Waals surface area contributed by atoms with E-state index in [2.05, 4.69) is 4.98 Å². The van der Waals surface area contributed by atoms with E-state index in [1.54, 1.807) is 16.3 Å². The minimum Gasteiger partial charge on any atom is -0.477 e. The summed E-state index contributed by atoms with van der Waals surface area (Å²) in [4.78, 5) is 29.9. The van der Waals surface area contributed by atoms with Crippen LogP contribution >= 0.6 is 11.8 Å². The number of carboxylic acid groups (broad SMARTS) is 1. The predicted molar refractivity (Wildman–Crippen MR) is 83.4 cm³/mol. The number of carbonyl (C=O) groups is 2. The summed E-state index contributed by atoms with van der Waals surface area (Å²) in [6, 6.07) is -0.329. The minimum absolute atomic E-state index is 0.00583. The van der Waals surface area contributed by atoms with E-state index < -0.39 is 18.0 Å². The maximum atomic E-state index is 12.3. The van der Waals surface area contributed by atoms with Crippen LogP contribution < -0.4 is 4.68 Å². The fourth-order valence-electron chi connectivity index (χ4n) is 3.90. The lowest BCUT2D eigenvalue weighted by Gasteiger charge is -2.46. The van der Waals surface area contributed by atoms with Crippen molar-refractivity contribution in [1.29, 1.82) is 0 Å². The van der Waals surface area contributed by atoms with Crippen LogP contribution in [0.25, 0.3) is 0 Å². The minimum atomic E-state index is -1.14. The van der Waals surface area contributed by atoms with Crippen molar-refractivity contribution in [3.63, 3.8) is 0 Å². The first-order valence-electron chi connectivity index (χ1n) is 8.81. The number of aliphatic carboxylic acids is 1. The zero-order chi connectivity index (χ0) is 18.9. The number of fused-ring (bicyclic) bond motifs is 2. The SMILES string of the molecule is [2H]c1nc([2H])[n+]2n1CC(SC1=C(C(=O)O)N3C(=O)[C@H]([C@@H](C)O)[C@H]3[C@H]1C)C2. The molecule has 4 rings (SSSR count). The van der Waals surface area contributed by atoms with Crippen molar-refractivity contribution in [2.24, 2.45) is 11.8 Å². The number of hydrogen-bond donors (Lipinski definition) is 2. The van der Waals surface area contributed by atoms with Gasteiger partial charge in [-0.2, -0.15) is 9.36 Å². The van der Waals surface area contributed by atoms with Gasteiger partial charge in [0.1, 0.15) is 13.6 Å². The van der Waals surface area contributed by atoms with Crippen LogP contribution in [0.1, 0.15) is 16.6 Å². The van der Waals surface area contributed by atoms with E-state index in [1.165, 1.54) is 16.7 Å². The van der Waals surface area contributed by atoms with Gasteiger partial charge in [-0.1, -0.05) is 6.92 Å². The number of nitrogens with zero attached hydrogens (tertiary/aromatic N) is 4. The maximum Gasteiger partial charge on any atom is 0.353 e. The van der Waals surface area contributed by atoms with Crippen molar-refractivity contribution in [2.75, 3.05) is 0 Å². The van der Waals surface area contributed by atoms with Gasteiger partial charge >= 0.3 is 12.3 Å². The Labute approximate surface area is 145 Å². The molecule has 1 aromatic heterocycles. The molecule has 3 aliphatic heterocycles. The molecular weight excluding hydrogens is 332 g/mol. The van der Waals surface area contributed by atoms with E-state index in [-0.39, 0.29) is 41.4 Å². The zero-order valence-electron chi connectivity index (χ0n) is 15.2. The van der Waals surface area contributed by atoms with Gasteiger partial charge < -0.3 is 15.1 Å². The zero-order valence-corrected chi connectivity index (χ0v) is 14.0. The van der Waals surface area contributed by atoms with Crippen LogP contribution in [0.4, 0.5) is 0 Å². The number of β-lactam (4-membered cyclic amide) rings is 1. The number of aromatic nitrogens is 3. The number of carbonyl (C=O) groups excluding carboxylic acids is 1. The van der Waals surface area contributed by atoms with Crippen LogP contribution in [0.3, 0.4) is 0 Å². The highest BCUT2D eigenvalue weighted by Crippen LogP contribution is 2.51. The van der Waals surface area contributed by atoms with Crippen molar-refractivity contribution < 1.29 is 27.2 Å². The molecule has 0 aliphatic carbocycles. The van der Waals surface area contributed by atoms with Crippen molar-refractivity contribution in [3.8, 4) is 0 Å². The Bertz CT molecular complexity index is 828. The molecule has 0 unspecified atom stereocenters. The Hall–Kier alpha value is -1.87. The van der Waals surface area contributed by atoms with Crippen molar-refractivity contribution in [1.82, 2.24) is 14.6 Å².